The number of hydrogen-bond acceptors (Lipinski definition) is 4. The maximum Gasteiger partial charge on any atom is 0.191 e. The Morgan fingerprint density at radius 2 is 2.08 bits per heavy atom. The molecule has 130 valence electrons. The molecule has 8 heteroatoms. The van der Waals surface area contributed by atoms with E-state index in [1.54, 1.807) is 14.2 Å². The summed E-state index contributed by atoms with van der Waals surface area (Å²) in [6, 6.07) is 8.20. The Morgan fingerprint density at radius 3 is 2.67 bits per heavy atom. The number of rotatable bonds is 5. The summed E-state index contributed by atoms with van der Waals surface area (Å²) in [6.45, 7) is 2.77. The van der Waals surface area contributed by atoms with Gasteiger partial charge in [-0.1, -0.05) is 6.92 Å². The molecular weight excluding hydrogens is 419 g/mol. The van der Waals surface area contributed by atoms with Gasteiger partial charge in [0.05, 0.1) is 13.7 Å². The molecule has 0 bridgehead atoms. The van der Waals surface area contributed by atoms with E-state index in [1.165, 1.54) is 6.42 Å². The highest BCUT2D eigenvalue weighted by Gasteiger charge is 2.33. The number of benzene rings is 1. The number of ether oxygens (including phenoxy) is 1. The zero-order valence-electron chi connectivity index (χ0n) is 14.0. The minimum absolute atomic E-state index is 0. The van der Waals surface area contributed by atoms with Gasteiger partial charge in [-0.2, -0.15) is 5.10 Å². The van der Waals surface area contributed by atoms with Gasteiger partial charge in [0.1, 0.15) is 11.6 Å². The third kappa shape index (κ3) is 4.59. The number of guanidine groups is 1. The lowest BCUT2D eigenvalue weighted by molar-refractivity contribution is 0.415. The Labute approximate surface area is 158 Å². The van der Waals surface area contributed by atoms with Crippen LogP contribution in [0.1, 0.15) is 19.2 Å². The van der Waals surface area contributed by atoms with E-state index >= 15 is 0 Å². The van der Waals surface area contributed by atoms with Gasteiger partial charge in [-0.25, -0.2) is 4.98 Å². The Hall–Kier alpha value is -1.84. The quantitative estimate of drug-likeness (QED) is 0.376. The molecule has 1 aliphatic rings. The van der Waals surface area contributed by atoms with Crippen LogP contribution in [0.5, 0.6) is 5.75 Å². The van der Waals surface area contributed by atoms with Gasteiger partial charge >= 0.3 is 0 Å². The average molecular weight is 442 g/mol. The summed E-state index contributed by atoms with van der Waals surface area (Å²) in [7, 11) is 3.42. The first-order valence-electron chi connectivity index (χ1n) is 7.72. The molecule has 1 fully saturated rings. The van der Waals surface area contributed by atoms with Crippen molar-refractivity contribution < 1.29 is 4.74 Å². The predicted octanol–water partition coefficient (Wildman–Crippen LogP) is 2.17. The molecule has 0 saturated heterocycles. The number of aromatic amines is 1. The molecule has 1 aromatic heterocycles. The van der Waals surface area contributed by atoms with Crippen LogP contribution in [0.4, 0.5) is 0 Å². The second-order valence-corrected chi connectivity index (χ2v) is 5.72. The third-order valence-corrected chi connectivity index (χ3v) is 3.96. The highest BCUT2D eigenvalue weighted by atomic mass is 127. The fourth-order valence-electron chi connectivity index (χ4n) is 2.30. The number of nitrogens with one attached hydrogen (secondary N) is 3. The molecular formula is C16H23IN6O. The van der Waals surface area contributed by atoms with E-state index in [1.807, 2.05) is 24.3 Å². The molecule has 3 N–H and O–H groups in total. The molecule has 7 nitrogen and oxygen atoms in total. The fraction of sp³-hybridized carbons (Fsp3) is 0.438. The highest BCUT2D eigenvalue weighted by Crippen LogP contribution is 2.28. The molecule has 2 unspecified atom stereocenters. The number of hydrogen-bond donors (Lipinski definition) is 3. The van der Waals surface area contributed by atoms with Gasteiger partial charge in [0.2, 0.25) is 0 Å². The molecule has 1 aliphatic carbocycles. The predicted molar refractivity (Wildman–Crippen MR) is 105 cm³/mol. The maximum absolute atomic E-state index is 5.15. The van der Waals surface area contributed by atoms with E-state index in [0.717, 1.165) is 29.0 Å². The van der Waals surface area contributed by atoms with E-state index in [-0.39, 0.29) is 24.0 Å². The van der Waals surface area contributed by atoms with Crippen LogP contribution < -0.4 is 15.4 Å². The van der Waals surface area contributed by atoms with E-state index < -0.39 is 0 Å². The fourth-order valence-corrected chi connectivity index (χ4v) is 2.30. The first kappa shape index (κ1) is 18.5. The summed E-state index contributed by atoms with van der Waals surface area (Å²) in [5, 5.41) is 13.8. The molecule has 0 aliphatic heterocycles. The minimum atomic E-state index is 0. The van der Waals surface area contributed by atoms with Gasteiger partial charge < -0.3 is 15.4 Å². The third-order valence-electron chi connectivity index (χ3n) is 3.96. The van der Waals surface area contributed by atoms with E-state index in [4.69, 9.17) is 4.74 Å². The van der Waals surface area contributed by atoms with Crippen molar-refractivity contribution >= 4 is 29.9 Å². The largest absolute Gasteiger partial charge is 0.497 e. The zero-order valence-corrected chi connectivity index (χ0v) is 16.4. The monoisotopic (exact) mass is 442 g/mol. The number of aromatic nitrogens is 3. The van der Waals surface area contributed by atoms with Crippen LogP contribution in [0.25, 0.3) is 11.4 Å². The molecule has 2 atom stereocenters. The van der Waals surface area contributed by atoms with Gasteiger partial charge in [-0.15, -0.1) is 24.0 Å². The molecule has 1 saturated carbocycles. The zero-order chi connectivity index (χ0) is 16.2. The van der Waals surface area contributed by atoms with E-state index in [0.29, 0.717) is 18.4 Å². The second kappa shape index (κ2) is 8.32. The summed E-state index contributed by atoms with van der Waals surface area (Å²) in [5.74, 6) is 3.77. The van der Waals surface area contributed by atoms with Crippen molar-refractivity contribution in [1.29, 1.82) is 0 Å². The molecule has 3 rings (SSSR count). The highest BCUT2D eigenvalue weighted by molar-refractivity contribution is 14.0. The van der Waals surface area contributed by atoms with Crippen LogP contribution >= 0.6 is 24.0 Å². The smallest absolute Gasteiger partial charge is 0.191 e. The summed E-state index contributed by atoms with van der Waals surface area (Å²) in [5.41, 5.74) is 0.947. The topological polar surface area (TPSA) is 87.2 Å². The molecule has 0 amide bonds. The van der Waals surface area contributed by atoms with Gasteiger partial charge in [0.15, 0.2) is 11.8 Å². The molecule has 24 heavy (non-hydrogen) atoms. The second-order valence-electron chi connectivity index (χ2n) is 5.72. The van der Waals surface area contributed by atoms with Crippen LogP contribution in [0, 0.1) is 5.92 Å². The lowest BCUT2D eigenvalue weighted by Gasteiger charge is -2.09. The van der Waals surface area contributed by atoms with Crippen molar-refractivity contribution in [2.45, 2.75) is 25.9 Å². The minimum Gasteiger partial charge on any atom is -0.497 e. The normalized spacial score (nSPS) is 19.4. The van der Waals surface area contributed by atoms with Crippen molar-refractivity contribution in [3.05, 3.63) is 30.1 Å². The standard InChI is InChI=1S/C16H22N6O.HI/c1-10-8-13(10)19-16(17-2)18-9-14-20-15(22-21-14)11-4-6-12(23-3)7-5-11;/h4-7,10,13H,8-9H2,1-3H3,(H2,17,18,19)(H,20,21,22);1H. The van der Waals surface area contributed by atoms with Crippen molar-refractivity contribution in [3.63, 3.8) is 0 Å². The van der Waals surface area contributed by atoms with Crippen molar-refractivity contribution in [3.8, 4) is 17.1 Å². The van der Waals surface area contributed by atoms with Crippen LogP contribution in [-0.4, -0.2) is 41.3 Å². The lowest BCUT2D eigenvalue weighted by Crippen LogP contribution is -2.38. The summed E-state index contributed by atoms with van der Waals surface area (Å²) in [4.78, 5) is 8.72. The number of methoxy groups -OCH3 is 1. The summed E-state index contributed by atoms with van der Waals surface area (Å²) in [6.07, 6.45) is 1.20. The molecule has 2 aromatic rings. The van der Waals surface area contributed by atoms with Crippen molar-refractivity contribution in [1.82, 2.24) is 25.8 Å². The average Bonchev–Trinajstić information content (AvgIpc) is 3.08. The lowest BCUT2D eigenvalue weighted by atomic mass is 10.2. The van der Waals surface area contributed by atoms with Crippen LogP contribution in [0.2, 0.25) is 0 Å². The number of nitrogens with zero attached hydrogens (tertiary/aromatic N) is 3. The van der Waals surface area contributed by atoms with Crippen molar-refractivity contribution in [2.75, 3.05) is 14.2 Å². The van der Waals surface area contributed by atoms with E-state index in [2.05, 4.69) is 37.7 Å². The first-order chi connectivity index (χ1) is 11.2. The Kier molecular flexibility index (Phi) is 6.41. The molecule has 1 aromatic carbocycles. The van der Waals surface area contributed by atoms with Crippen LogP contribution in [-0.2, 0) is 6.54 Å². The van der Waals surface area contributed by atoms with Crippen LogP contribution in [0.3, 0.4) is 0 Å². The summed E-state index contributed by atoms with van der Waals surface area (Å²) >= 11 is 0. The molecule has 1 heterocycles. The Bertz CT molecular complexity index is 684. The molecule has 0 spiro atoms. The number of aliphatic imine (C=N–C) groups is 1. The Morgan fingerprint density at radius 1 is 1.38 bits per heavy atom. The summed E-state index contributed by atoms with van der Waals surface area (Å²) < 4.78 is 5.15. The Balaban J connectivity index is 0.00000208. The van der Waals surface area contributed by atoms with Gasteiger partial charge in [-0.05, 0) is 36.6 Å². The van der Waals surface area contributed by atoms with Gasteiger partial charge in [0.25, 0.3) is 0 Å². The van der Waals surface area contributed by atoms with Gasteiger partial charge in [-0.3, -0.25) is 10.1 Å². The number of halogens is 1. The maximum atomic E-state index is 5.15. The first-order valence-corrected chi connectivity index (χ1v) is 7.72. The van der Waals surface area contributed by atoms with Crippen molar-refractivity contribution in [2.24, 2.45) is 10.9 Å². The van der Waals surface area contributed by atoms with Gasteiger partial charge in [0, 0.05) is 18.7 Å². The number of H-pyrrole nitrogens is 1. The SMILES string of the molecule is CN=C(NCc1nc(-c2ccc(OC)cc2)n[nH]1)NC1CC1C.I. The van der Waals surface area contributed by atoms with Crippen LogP contribution in [0.15, 0.2) is 29.3 Å². The molecule has 0 radical (unpaired) electrons. The van der Waals surface area contributed by atoms with E-state index in [9.17, 15) is 0 Å².